The molecule has 0 heterocycles. The average molecular weight is 172 g/mol. The molecule has 0 N–H and O–H groups in total. The van der Waals surface area contributed by atoms with Crippen LogP contribution in [0.25, 0.3) is 0 Å². The van der Waals surface area contributed by atoms with Crippen LogP contribution >= 0.6 is 11.8 Å². The third-order valence-electron chi connectivity index (χ3n) is 1.72. The van der Waals surface area contributed by atoms with Gasteiger partial charge in [0.05, 0.1) is 12.1 Å². The summed E-state index contributed by atoms with van der Waals surface area (Å²) in [6.45, 7) is 3.05. The second kappa shape index (κ2) is 6.51. The van der Waals surface area contributed by atoms with E-state index in [9.17, 15) is 0 Å². The topological polar surface area (TPSA) is 27.0 Å². The van der Waals surface area contributed by atoms with Crippen molar-refractivity contribution in [2.45, 2.75) is 19.4 Å². The summed E-state index contributed by atoms with van der Waals surface area (Å²) in [5.74, 6) is 1.11. The molecule has 0 saturated carbocycles. The predicted octanol–water partition coefficient (Wildman–Crippen LogP) is 1.58. The molecule has 0 aliphatic heterocycles. The van der Waals surface area contributed by atoms with Gasteiger partial charge in [-0.15, -0.1) is 0 Å². The van der Waals surface area contributed by atoms with Crippen LogP contribution in [0.1, 0.15) is 13.3 Å². The van der Waals surface area contributed by atoms with E-state index < -0.39 is 0 Å². The molecule has 2 nitrogen and oxygen atoms in total. The molecule has 0 fully saturated rings. The monoisotopic (exact) mass is 172 g/mol. The van der Waals surface area contributed by atoms with Crippen LogP contribution < -0.4 is 0 Å². The van der Waals surface area contributed by atoms with E-state index in [1.54, 1.807) is 0 Å². The maximum absolute atomic E-state index is 8.70. The van der Waals surface area contributed by atoms with E-state index in [0.29, 0.717) is 0 Å². The van der Waals surface area contributed by atoms with Crippen molar-refractivity contribution in [2.24, 2.45) is 0 Å². The van der Waals surface area contributed by atoms with Crippen molar-refractivity contribution in [1.82, 2.24) is 4.90 Å². The zero-order valence-electron chi connectivity index (χ0n) is 7.50. The summed E-state index contributed by atoms with van der Waals surface area (Å²) >= 11 is 1.82. The van der Waals surface area contributed by atoms with Crippen molar-refractivity contribution in [1.29, 1.82) is 5.26 Å². The molecule has 0 aromatic rings. The van der Waals surface area contributed by atoms with E-state index in [0.717, 1.165) is 18.7 Å². The molecule has 0 aliphatic rings. The first-order chi connectivity index (χ1) is 5.26. The average Bonchev–Trinajstić information content (AvgIpc) is 2.03. The van der Waals surface area contributed by atoms with Gasteiger partial charge in [-0.2, -0.15) is 17.0 Å². The number of rotatable bonds is 5. The minimum atomic E-state index is 0.0992. The van der Waals surface area contributed by atoms with Gasteiger partial charge in [0.25, 0.3) is 0 Å². The van der Waals surface area contributed by atoms with Gasteiger partial charge >= 0.3 is 0 Å². The van der Waals surface area contributed by atoms with Crippen molar-refractivity contribution in [2.75, 3.05) is 25.6 Å². The molecule has 64 valence electrons. The highest BCUT2D eigenvalue weighted by Crippen LogP contribution is 2.01. The van der Waals surface area contributed by atoms with Crippen LogP contribution in [0.3, 0.4) is 0 Å². The molecular weight excluding hydrogens is 156 g/mol. The lowest BCUT2D eigenvalue weighted by atomic mass is 10.2. The SMILES string of the molecule is CCC(C#N)N(C)CCSC. The molecule has 0 aromatic carbocycles. The molecule has 3 heteroatoms. The third kappa shape index (κ3) is 4.28. The van der Waals surface area contributed by atoms with Crippen molar-refractivity contribution in [3.63, 3.8) is 0 Å². The third-order valence-corrected chi connectivity index (χ3v) is 2.31. The first-order valence-corrected chi connectivity index (χ1v) is 5.24. The molecule has 0 rings (SSSR count). The van der Waals surface area contributed by atoms with Gasteiger partial charge in [0.15, 0.2) is 0 Å². The van der Waals surface area contributed by atoms with Crippen molar-refractivity contribution < 1.29 is 0 Å². The predicted molar refractivity (Wildman–Crippen MR) is 50.7 cm³/mol. The van der Waals surface area contributed by atoms with E-state index in [4.69, 9.17) is 5.26 Å². The van der Waals surface area contributed by atoms with Gasteiger partial charge in [0.1, 0.15) is 0 Å². The second-order valence-corrected chi connectivity index (χ2v) is 3.51. The van der Waals surface area contributed by atoms with Crippen LogP contribution in [-0.2, 0) is 0 Å². The fraction of sp³-hybridized carbons (Fsp3) is 0.875. The zero-order chi connectivity index (χ0) is 8.69. The second-order valence-electron chi connectivity index (χ2n) is 2.53. The molecular formula is C8H16N2S. The summed E-state index contributed by atoms with van der Waals surface area (Å²) < 4.78 is 0. The highest BCUT2D eigenvalue weighted by molar-refractivity contribution is 7.98. The van der Waals surface area contributed by atoms with Crippen LogP contribution in [0, 0.1) is 11.3 Å². The number of hydrogen-bond acceptors (Lipinski definition) is 3. The molecule has 0 aliphatic carbocycles. The van der Waals surface area contributed by atoms with E-state index >= 15 is 0 Å². The summed E-state index contributed by atoms with van der Waals surface area (Å²) in [6, 6.07) is 2.38. The molecule has 0 bridgehead atoms. The molecule has 11 heavy (non-hydrogen) atoms. The van der Waals surface area contributed by atoms with E-state index in [1.807, 2.05) is 25.7 Å². The van der Waals surface area contributed by atoms with Gasteiger partial charge in [-0.3, -0.25) is 4.90 Å². The van der Waals surface area contributed by atoms with Gasteiger partial charge in [-0.1, -0.05) is 6.92 Å². The standard InChI is InChI=1S/C8H16N2S/c1-4-8(7-9)10(2)5-6-11-3/h8H,4-6H2,1-3H3. The summed E-state index contributed by atoms with van der Waals surface area (Å²) in [5.41, 5.74) is 0. The van der Waals surface area contributed by atoms with Gasteiger partial charge in [0, 0.05) is 12.3 Å². The summed E-state index contributed by atoms with van der Waals surface area (Å²) in [7, 11) is 2.01. The molecule has 0 radical (unpaired) electrons. The Labute approximate surface area is 73.6 Å². The van der Waals surface area contributed by atoms with Crippen LogP contribution in [-0.4, -0.2) is 36.5 Å². The lowest BCUT2D eigenvalue weighted by Gasteiger charge is -2.20. The first-order valence-electron chi connectivity index (χ1n) is 3.85. The van der Waals surface area contributed by atoms with Crippen molar-refractivity contribution in [3.8, 4) is 6.07 Å². The van der Waals surface area contributed by atoms with E-state index in [1.165, 1.54) is 0 Å². The Bertz CT molecular complexity index is 131. The smallest absolute Gasteiger partial charge is 0.0973 e. The van der Waals surface area contributed by atoms with Crippen LogP contribution in [0.15, 0.2) is 0 Å². The summed E-state index contributed by atoms with van der Waals surface area (Å²) in [5, 5.41) is 8.70. The fourth-order valence-electron chi connectivity index (χ4n) is 0.893. The van der Waals surface area contributed by atoms with E-state index in [2.05, 4.69) is 17.2 Å². The van der Waals surface area contributed by atoms with Crippen molar-refractivity contribution >= 4 is 11.8 Å². The maximum Gasteiger partial charge on any atom is 0.0973 e. The van der Waals surface area contributed by atoms with Gasteiger partial charge in [-0.05, 0) is 19.7 Å². The highest BCUT2D eigenvalue weighted by atomic mass is 32.2. The fourth-order valence-corrected chi connectivity index (χ4v) is 1.36. The normalized spacial score (nSPS) is 13.0. The molecule has 0 spiro atoms. The lowest BCUT2D eigenvalue weighted by molar-refractivity contribution is 0.299. The minimum absolute atomic E-state index is 0.0992. The molecule has 0 aromatic heterocycles. The zero-order valence-corrected chi connectivity index (χ0v) is 8.32. The Morgan fingerprint density at radius 1 is 1.64 bits per heavy atom. The quantitative estimate of drug-likeness (QED) is 0.630. The largest absolute Gasteiger partial charge is 0.290 e. The molecule has 1 unspecified atom stereocenters. The maximum atomic E-state index is 8.70. The number of nitrogens with zero attached hydrogens (tertiary/aromatic N) is 2. The molecule has 0 amide bonds. The van der Waals surface area contributed by atoms with Gasteiger partial charge < -0.3 is 0 Å². The van der Waals surface area contributed by atoms with E-state index in [-0.39, 0.29) is 6.04 Å². The van der Waals surface area contributed by atoms with Gasteiger partial charge in [0.2, 0.25) is 0 Å². The lowest BCUT2D eigenvalue weighted by Crippen LogP contribution is -2.31. The Hall–Kier alpha value is -0.200. The number of nitriles is 1. The Kier molecular flexibility index (Phi) is 6.39. The Morgan fingerprint density at radius 2 is 2.27 bits per heavy atom. The highest BCUT2D eigenvalue weighted by Gasteiger charge is 2.09. The van der Waals surface area contributed by atoms with Crippen molar-refractivity contribution in [3.05, 3.63) is 0 Å². The Morgan fingerprint density at radius 3 is 2.64 bits per heavy atom. The number of hydrogen-bond donors (Lipinski definition) is 0. The summed E-state index contributed by atoms with van der Waals surface area (Å²) in [6.07, 6.45) is 3.00. The molecule has 1 atom stereocenters. The number of thioether (sulfide) groups is 1. The van der Waals surface area contributed by atoms with Crippen LogP contribution in [0.4, 0.5) is 0 Å². The van der Waals surface area contributed by atoms with Crippen LogP contribution in [0.5, 0.6) is 0 Å². The molecule has 0 saturated heterocycles. The van der Waals surface area contributed by atoms with Crippen LogP contribution in [0.2, 0.25) is 0 Å². The van der Waals surface area contributed by atoms with Gasteiger partial charge in [-0.25, -0.2) is 0 Å². The summed E-state index contributed by atoms with van der Waals surface area (Å²) in [4.78, 5) is 2.11. The Balaban J connectivity index is 3.62. The minimum Gasteiger partial charge on any atom is -0.290 e. The first kappa shape index (κ1) is 10.8.